The maximum absolute atomic E-state index is 12.3. The third-order valence-electron chi connectivity index (χ3n) is 4.79. The first-order valence-electron chi connectivity index (χ1n) is 9.79. The maximum atomic E-state index is 12.3. The first-order valence-corrected chi connectivity index (χ1v) is 11.2. The highest BCUT2D eigenvalue weighted by atomic mass is 31.1. The van der Waals surface area contributed by atoms with Gasteiger partial charge in [0.25, 0.3) is 0 Å². The van der Waals surface area contributed by atoms with Crippen molar-refractivity contribution in [1.29, 1.82) is 0 Å². The molecule has 0 aromatic rings. The van der Waals surface area contributed by atoms with Crippen LogP contribution in [-0.4, -0.2) is 41.6 Å². The monoisotopic (exact) mass is 404 g/mol. The van der Waals surface area contributed by atoms with E-state index in [1.54, 1.807) is 34.6 Å². The number of hydrogen-bond donors (Lipinski definition) is 2. The fourth-order valence-electron chi connectivity index (χ4n) is 3.24. The molecule has 1 saturated carbocycles. The Morgan fingerprint density at radius 1 is 1.19 bits per heavy atom. The molecular weight excluding hydrogens is 369 g/mol. The quantitative estimate of drug-likeness (QED) is 0.546. The van der Waals surface area contributed by atoms with E-state index in [0.717, 1.165) is 25.7 Å². The predicted octanol–water partition coefficient (Wildman–Crippen LogP) is 4.58. The lowest BCUT2D eigenvalue weighted by atomic mass is 9.84. The van der Waals surface area contributed by atoms with Gasteiger partial charge < -0.3 is 15.2 Å². The highest BCUT2D eigenvalue weighted by molar-refractivity contribution is 7.39. The van der Waals surface area contributed by atoms with Crippen LogP contribution in [0.25, 0.3) is 0 Å². The van der Waals surface area contributed by atoms with Gasteiger partial charge in [-0.05, 0) is 50.0 Å². The van der Waals surface area contributed by atoms with E-state index in [9.17, 15) is 19.3 Å². The molecule has 2 N–H and O–H groups in total. The zero-order valence-electron chi connectivity index (χ0n) is 17.2. The summed E-state index contributed by atoms with van der Waals surface area (Å²) < 4.78 is 23.1. The molecule has 0 spiro atoms. The van der Waals surface area contributed by atoms with Crippen molar-refractivity contribution in [2.24, 2.45) is 17.8 Å². The molecule has 1 aliphatic rings. The van der Waals surface area contributed by atoms with E-state index in [4.69, 9.17) is 9.26 Å². The molecule has 1 fully saturated rings. The molecule has 3 unspecified atom stereocenters. The van der Waals surface area contributed by atoms with Gasteiger partial charge in [-0.15, -0.1) is 4.52 Å². The SMILES string of the molecule is CC(C)C(C[P+](=O)OCC(NC(=O)OC(C)(C)C)C1CCCCC1)C(=O)O. The molecule has 1 aliphatic carbocycles. The highest BCUT2D eigenvalue weighted by Crippen LogP contribution is 2.32. The van der Waals surface area contributed by atoms with Crippen LogP contribution < -0.4 is 5.32 Å². The van der Waals surface area contributed by atoms with Gasteiger partial charge in [0.2, 0.25) is 0 Å². The summed E-state index contributed by atoms with van der Waals surface area (Å²) >= 11 is 0. The molecule has 0 aromatic heterocycles. The molecule has 0 heterocycles. The van der Waals surface area contributed by atoms with Crippen LogP contribution in [0.5, 0.6) is 0 Å². The normalized spacial score (nSPS) is 18.7. The number of hydrogen-bond acceptors (Lipinski definition) is 5. The number of carbonyl (C=O) groups is 2. The molecule has 1 rings (SSSR count). The third kappa shape index (κ3) is 9.52. The number of alkyl carbamates (subject to hydrolysis) is 1. The smallest absolute Gasteiger partial charge is 0.481 e. The average molecular weight is 404 g/mol. The van der Waals surface area contributed by atoms with Crippen molar-refractivity contribution in [2.45, 2.75) is 78.4 Å². The Kier molecular flexibility index (Phi) is 9.68. The van der Waals surface area contributed by atoms with Crippen molar-refractivity contribution in [3.63, 3.8) is 0 Å². The largest absolute Gasteiger partial charge is 0.509 e. The lowest BCUT2D eigenvalue weighted by Crippen LogP contribution is -2.46. The molecule has 27 heavy (non-hydrogen) atoms. The van der Waals surface area contributed by atoms with Crippen LogP contribution in [0, 0.1) is 17.8 Å². The number of nitrogens with one attached hydrogen (secondary N) is 1. The first kappa shape index (κ1) is 23.8. The van der Waals surface area contributed by atoms with Crippen molar-refractivity contribution >= 4 is 20.1 Å². The van der Waals surface area contributed by atoms with Gasteiger partial charge in [-0.3, -0.25) is 4.79 Å². The van der Waals surface area contributed by atoms with E-state index in [0.29, 0.717) is 0 Å². The number of carboxylic acid groups (broad SMARTS) is 1. The summed E-state index contributed by atoms with van der Waals surface area (Å²) in [5.41, 5.74) is -0.598. The number of amides is 1. The number of carbonyl (C=O) groups excluding carboxylic acids is 1. The molecule has 8 heteroatoms. The van der Waals surface area contributed by atoms with Crippen molar-refractivity contribution in [3.8, 4) is 0 Å². The van der Waals surface area contributed by atoms with Crippen LogP contribution >= 0.6 is 8.03 Å². The molecule has 156 valence electrons. The molecule has 0 saturated heterocycles. The van der Waals surface area contributed by atoms with E-state index >= 15 is 0 Å². The topological polar surface area (TPSA) is 102 Å². The van der Waals surface area contributed by atoms with Crippen LogP contribution in [0.1, 0.15) is 66.7 Å². The van der Waals surface area contributed by atoms with Gasteiger partial charge in [0.15, 0.2) is 6.16 Å². The Bertz CT molecular complexity index is 511. The second kappa shape index (κ2) is 11.0. The Labute approximate surface area is 163 Å². The summed E-state index contributed by atoms with van der Waals surface area (Å²) in [6.45, 7) is 9.08. The van der Waals surface area contributed by atoms with Crippen molar-refractivity contribution < 1.29 is 28.5 Å². The van der Waals surface area contributed by atoms with Crippen LogP contribution in [0.2, 0.25) is 0 Å². The van der Waals surface area contributed by atoms with Crippen molar-refractivity contribution in [2.75, 3.05) is 12.8 Å². The van der Waals surface area contributed by atoms with E-state index in [2.05, 4.69) is 5.32 Å². The van der Waals surface area contributed by atoms with E-state index in [1.165, 1.54) is 6.42 Å². The number of ether oxygens (including phenoxy) is 1. The zero-order chi connectivity index (χ0) is 20.6. The van der Waals surface area contributed by atoms with Crippen LogP contribution in [0.4, 0.5) is 4.79 Å². The van der Waals surface area contributed by atoms with E-state index < -0.39 is 31.6 Å². The van der Waals surface area contributed by atoms with Gasteiger partial charge in [0.05, 0.1) is 6.04 Å². The zero-order valence-corrected chi connectivity index (χ0v) is 18.1. The Balaban J connectivity index is 2.66. The third-order valence-corrected chi connectivity index (χ3v) is 5.92. The van der Waals surface area contributed by atoms with Gasteiger partial charge >= 0.3 is 20.1 Å². The minimum Gasteiger partial charge on any atom is -0.481 e. The molecule has 0 bridgehead atoms. The van der Waals surface area contributed by atoms with E-state index in [-0.39, 0.29) is 30.6 Å². The van der Waals surface area contributed by atoms with Crippen LogP contribution in [-0.2, 0) is 18.6 Å². The molecule has 7 nitrogen and oxygen atoms in total. The van der Waals surface area contributed by atoms with Crippen LogP contribution in [0.3, 0.4) is 0 Å². The average Bonchev–Trinajstić information content (AvgIpc) is 2.55. The second-order valence-corrected chi connectivity index (χ2v) is 9.94. The van der Waals surface area contributed by atoms with E-state index in [1.807, 2.05) is 0 Å². The fraction of sp³-hybridized carbons (Fsp3) is 0.895. The number of aliphatic carboxylic acids is 1. The number of rotatable bonds is 9. The van der Waals surface area contributed by atoms with Gasteiger partial charge in [-0.1, -0.05) is 33.1 Å². The van der Waals surface area contributed by atoms with Crippen molar-refractivity contribution in [3.05, 3.63) is 0 Å². The summed E-state index contributed by atoms with van der Waals surface area (Å²) in [5, 5.41) is 12.1. The standard InChI is InChI=1S/C19H34NO6P/c1-13(2)15(17(21)22)12-27(24)25-11-16(14-9-7-6-8-10-14)20-18(23)26-19(3,4)5/h13-16H,6-12H2,1-5H3,(H-,20,21,22,23)/p+1. The first-order chi connectivity index (χ1) is 12.5. The molecule has 3 atom stereocenters. The van der Waals surface area contributed by atoms with Gasteiger partial charge in [0.1, 0.15) is 18.1 Å². The van der Waals surface area contributed by atoms with Gasteiger partial charge in [0, 0.05) is 0 Å². The minimum absolute atomic E-state index is 0.0217. The second-order valence-electron chi connectivity index (χ2n) is 8.65. The fourth-order valence-corrected chi connectivity index (χ4v) is 4.57. The highest BCUT2D eigenvalue weighted by Gasteiger charge is 2.35. The Morgan fingerprint density at radius 2 is 1.78 bits per heavy atom. The Morgan fingerprint density at radius 3 is 2.26 bits per heavy atom. The summed E-state index contributed by atoms with van der Waals surface area (Å²) in [7, 11) is -2.11. The van der Waals surface area contributed by atoms with Crippen molar-refractivity contribution in [1.82, 2.24) is 5.32 Å². The molecule has 0 aromatic carbocycles. The summed E-state index contributed by atoms with van der Waals surface area (Å²) in [6.07, 6.45) is 4.79. The molecule has 0 radical (unpaired) electrons. The summed E-state index contributed by atoms with van der Waals surface area (Å²) in [5.74, 6) is -1.55. The molecule has 0 aliphatic heterocycles. The molecule has 1 amide bonds. The minimum atomic E-state index is -2.11. The predicted molar refractivity (Wildman–Crippen MR) is 104 cm³/mol. The molecular formula is C19H35NO6P+. The van der Waals surface area contributed by atoms with Crippen LogP contribution in [0.15, 0.2) is 0 Å². The van der Waals surface area contributed by atoms with Gasteiger partial charge in [-0.2, -0.15) is 0 Å². The lowest BCUT2D eigenvalue weighted by molar-refractivity contribution is -0.142. The summed E-state index contributed by atoms with van der Waals surface area (Å²) in [6, 6.07) is -0.290. The maximum Gasteiger partial charge on any atom is 0.509 e. The van der Waals surface area contributed by atoms with Gasteiger partial charge in [-0.25, -0.2) is 4.79 Å². The Hall–Kier alpha value is -1.20. The lowest BCUT2D eigenvalue weighted by Gasteiger charge is -2.30. The number of carboxylic acids is 1. The summed E-state index contributed by atoms with van der Waals surface area (Å²) in [4.78, 5) is 23.5.